The first kappa shape index (κ1) is 23.6. The molecule has 1 amide bonds. The standard InChI is InChI=1S/C23H28F2N4O3S/c24-20-5-4-6-21(25)23(20)33(31,32)29-15-13-27(14-16-29)17-22(30)26-18-7-9-19(10-8-18)28-11-2-1-3-12-28/h4-10H,1-3,11-17H2,(H,26,30). The van der Waals surface area contributed by atoms with Crippen LogP contribution >= 0.6 is 0 Å². The summed E-state index contributed by atoms with van der Waals surface area (Å²) in [6.45, 7) is 2.89. The molecule has 2 fully saturated rings. The number of piperazine rings is 1. The van der Waals surface area contributed by atoms with Gasteiger partial charge >= 0.3 is 0 Å². The van der Waals surface area contributed by atoms with E-state index in [0.717, 1.165) is 41.3 Å². The highest BCUT2D eigenvalue weighted by molar-refractivity contribution is 7.89. The third-order valence-corrected chi connectivity index (χ3v) is 8.04. The molecule has 2 heterocycles. The van der Waals surface area contributed by atoms with Gasteiger partial charge in [0.2, 0.25) is 15.9 Å². The molecule has 0 bridgehead atoms. The Morgan fingerprint density at radius 3 is 2.06 bits per heavy atom. The Hall–Kier alpha value is -2.56. The topological polar surface area (TPSA) is 73.0 Å². The van der Waals surface area contributed by atoms with Gasteiger partial charge in [0.1, 0.15) is 11.6 Å². The van der Waals surface area contributed by atoms with E-state index in [-0.39, 0.29) is 38.6 Å². The SMILES string of the molecule is O=C(CN1CCN(S(=O)(=O)c2c(F)cccc2F)CC1)Nc1ccc(N2CCCCC2)cc1. The van der Waals surface area contributed by atoms with E-state index in [4.69, 9.17) is 0 Å². The molecule has 2 aromatic carbocycles. The van der Waals surface area contributed by atoms with Crippen molar-refractivity contribution in [3.63, 3.8) is 0 Å². The summed E-state index contributed by atoms with van der Waals surface area (Å²) in [5.41, 5.74) is 1.85. The van der Waals surface area contributed by atoms with Crippen molar-refractivity contribution >= 4 is 27.3 Å². The molecule has 0 unspecified atom stereocenters. The van der Waals surface area contributed by atoms with Gasteiger partial charge in [-0.2, -0.15) is 4.31 Å². The van der Waals surface area contributed by atoms with E-state index < -0.39 is 26.6 Å². The molecule has 0 radical (unpaired) electrons. The van der Waals surface area contributed by atoms with E-state index in [2.05, 4.69) is 10.2 Å². The van der Waals surface area contributed by atoms with Crippen molar-refractivity contribution in [1.29, 1.82) is 0 Å². The first-order valence-electron chi connectivity index (χ1n) is 11.2. The van der Waals surface area contributed by atoms with Gasteiger partial charge in [-0.1, -0.05) is 6.07 Å². The number of carbonyl (C=O) groups is 1. The number of benzene rings is 2. The minimum Gasteiger partial charge on any atom is -0.372 e. The Balaban J connectivity index is 1.29. The Morgan fingerprint density at radius 1 is 0.848 bits per heavy atom. The molecular formula is C23H28F2N4O3S. The highest BCUT2D eigenvalue weighted by atomic mass is 32.2. The van der Waals surface area contributed by atoms with E-state index in [9.17, 15) is 22.0 Å². The van der Waals surface area contributed by atoms with Gasteiger partial charge in [-0.3, -0.25) is 9.69 Å². The third-order valence-electron chi connectivity index (χ3n) is 6.09. The Bertz CT molecular complexity index is 1060. The quantitative estimate of drug-likeness (QED) is 0.691. The molecule has 0 spiro atoms. The number of halogens is 2. The van der Waals surface area contributed by atoms with E-state index in [1.54, 1.807) is 0 Å². The lowest BCUT2D eigenvalue weighted by atomic mass is 10.1. The van der Waals surface area contributed by atoms with E-state index >= 15 is 0 Å². The molecule has 7 nitrogen and oxygen atoms in total. The van der Waals surface area contributed by atoms with Crippen LogP contribution in [0.4, 0.5) is 20.2 Å². The lowest BCUT2D eigenvalue weighted by Gasteiger charge is -2.33. The van der Waals surface area contributed by atoms with Crippen LogP contribution in [0.2, 0.25) is 0 Å². The molecule has 2 saturated heterocycles. The number of hydrogen-bond acceptors (Lipinski definition) is 5. The molecule has 4 rings (SSSR count). The molecule has 0 aliphatic carbocycles. The number of anilines is 2. The summed E-state index contributed by atoms with van der Waals surface area (Å²) < 4.78 is 54.4. The average molecular weight is 479 g/mol. The molecule has 2 aromatic rings. The van der Waals surface area contributed by atoms with Gasteiger partial charge in [0.25, 0.3) is 0 Å². The van der Waals surface area contributed by atoms with Crippen LogP contribution in [0.5, 0.6) is 0 Å². The van der Waals surface area contributed by atoms with Crippen LogP contribution in [-0.4, -0.2) is 69.3 Å². The van der Waals surface area contributed by atoms with Crippen LogP contribution < -0.4 is 10.2 Å². The highest BCUT2D eigenvalue weighted by Gasteiger charge is 2.33. The lowest BCUT2D eigenvalue weighted by Crippen LogP contribution is -2.50. The van der Waals surface area contributed by atoms with Crippen molar-refractivity contribution < 1.29 is 22.0 Å². The van der Waals surface area contributed by atoms with E-state index in [0.29, 0.717) is 5.69 Å². The van der Waals surface area contributed by atoms with Crippen LogP contribution in [-0.2, 0) is 14.8 Å². The summed E-state index contributed by atoms with van der Waals surface area (Å²) >= 11 is 0. The number of carbonyl (C=O) groups excluding carboxylic acids is 1. The fourth-order valence-electron chi connectivity index (χ4n) is 4.30. The number of sulfonamides is 1. The zero-order valence-corrected chi connectivity index (χ0v) is 19.2. The number of piperidine rings is 1. The number of nitrogens with zero attached hydrogens (tertiary/aromatic N) is 3. The van der Waals surface area contributed by atoms with Crippen LogP contribution in [0.3, 0.4) is 0 Å². The van der Waals surface area contributed by atoms with Gasteiger partial charge in [-0.05, 0) is 55.7 Å². The molecule has 33 heavy (non-hydrogen) atoms. The Labute approximate surface area is 193 Å². The van der Waals surface area contributed by atoms with Crippen molar-refractivity contribution in [2.24, 2.45) is 0 Å². The van der Waals surface area contributed by atoms with Gasteiger partial charge in [0.05, 0.1) is 6.54 Å². The molecule has 178 valence electrons. The lowest BCUT2D eigenvalue weighted by molar-refractivity contribution is -0.117. The first-order valence-corrected chi connectivity index (χ1v) is 12.6. The van der Waals surface area contributed by atoms with Gasteiger partial charge in [0, 0.05) is 50.6 Å². The van der Waals surface area contributed by atoms with Gasteiger partial charge in [-0.25, -0.2) is 17.2 Å². The summed E-state index contributed by atoms with van der Waals surface area (Å²) in [5, 5.41) is 2.87. The molecule has 1 N–H and O–H groups in total. The van der Waals surface area contributed by atoms with Crippen LogP contribution in [0, 0.1) is 11.6 Å². The molecule has 0 saturated carbocycles. The summed E-state index contributed by atoms with van der Waals surface area (Å²) in [4.78, 5) is 15.7. The predicted octanol–water partition coefficient (Wildman–Crippen LogP) is 2.90. The maximum atomic E-state index is 14.0. The second-order valence-corrected chi connectivity index (χ2v) is 10.2. The molecular weight excluding hydrogens is 450 g/mol. The van der Waals surface area contributed by atoms with Gasteiger partial charge < -0.3 is 10.2 Å². The van der Waals surface area contributed by atoms with Crippen LogP contribution in [0.25, 0.3) is 0 Å². The fourth-order valence-corrected chi connectivity index (χ4v) is 5.83. The summed E-state index contributed by atoms with van der Waals surface area (Å²) in [7, 11) is -4.29. The maximum absolute atomic E-state index is 14.0. The average Bonchev–Trinajstić information content (AvgIpc) is 2.80. The van der Waals surface area contributed by atoms with E-state index in [1.165, 1.54) is 19.3 Å². The number of hydrogen-bond donors (Lipinski definition) is 1. The number of rotatable bonds is 6. The molecule has 10 heteroatoms. The van der Waals surface area contributed by atoms with Crippen molar-refractivity contribution in [2.45, 2.75) is 24.2 Å². The Morgan fingerprint density at radius 2 is 1.45 bits per heavy atom. The minimum absolute atomic E-state index is 0.0495. The monoisotopic (exact) mass is 478 g/mol. The summed E-state index contributed by atoms with van der Waals surface area (Å²) in [6, 6.07) is 10.8. The second-order valence-electron chi connectivity index (χ2n) is 8.37. The molecule has 0 atom stereocenters. The van der Waals surface area contributed by atoms with Crippen molar-refractivity contribution in [2.75, 3.05) is 56.0 Å². The molecule has 2 aliphatic heterocycles. The van der Waals surface area contributed by atoms with Crippen molar-refractivity contribution in [1.82, 2.24) is 9.21 Å². The van der Waals surface area contributed by atoms with Crippen LogP contribution in [0.1, 0.15) is 19.3 Å². The largest absolute Gasteiger partial charge is 0.372 e. The summed E-state index contributed by atoms with van der Waals surface area (Å²) in [5.74, 6) is -2.41. The third kappa shape index (κ3) is 5.51. The highest BCUT2D eigenvalue weighted by Crippen LogP contribution is 2.24. The van der Waals surface area contributed by atoms with Crippen molar-refractivity contribution in [3.8, 4) is 0 Å². The number of amides is 1. The minimum atomic E-state index is -4.29. The fraction of sp³-hybridized carbons (Fsp3) is 0.435. The predicted molar refractivity (Wildman–Crippen MR) is 123 cm³/mol. The number of nitrogens with one attached hydrogen (secondary N) is 1. The molecule has 2 aliphatic rings. The van der Waals surface area contributed by atoms with E-state index in [1.807, 2.05) is 29.2 Å². The zero-order chi connectivity index (χ0) is 23.4. The van der Waals surface area contributed by atoms with Gasteiger partial charge in [-0.15, -0.1) is 0 Å². The van der Waals surface area contributed by atoms with Gasteiger partial charge in [0.15, 0.2) is 4.90 Å². The Kier molecular flexibility index (Phi) is 7.26. The summed E-state index contributed by atoms with van der Waals surface area (Å²) in [6.07, 6.45) is 3.66. The zero-order valence-electron chi connectivity index (χ0n) is 18.3. The smallest absolute Gasteiger partial charge is 0.249 e. The maximum Gasteiger partial charge on any atom is 0.249 e. The first-order chi connectivity index (χ1) is 15.8. The normalized spacial score (nSPS) is 18.3. The molecule has 0 aromatic heterocycles. The van der Waals surface area contributed by atoms with Crippen LogP contribution in [0.15, 0.2) is 47.4 Å². The second kappa shape index (κ2) is 10.1. The van der Waals surface area contributed by atoms with Crippen molar-refractivity contribution in [3.05, 3.63) is 54.1 Å².